The van der Waals surface area contributed by atoms with Gasteiger partial charge in [-0.15, -0.1) is 11.3 Å². The van der Waals surface area contributed by atoms with Gasteiger partial charge in [-0.25, -0.2) is 4.98 Å². The largest absolute Gasteiger partial charge is 0.321 e. The van der Waals surface area contributed by atoms with Gasteiger partial charge >= 0.3 is 0 Å². The second kappa shape index (κ2) is 7.58. The Labute approximate surface area is 175 Å². The molecule has 1 aliphatic heterocycles. The van der Waals surface area contributed by atoms with Crippen LogP contribution in [0.5, 0.6) is 0 Å². The van der Waals surface area contributed by atoms with E-state index in [2.05, 4.69) is 10.3 Å². The molecule has 0 saturated heterocycles. The van der Waals surface area contributed by atoms with E-state index in [1.54, 1.807) is 41.4 Å². The van der Waals surface area contributed by atoms with E-state index in [9.17, 15) is 9.59 Å². The van der Waals surface area contributed by atoms with Crippen LogP contribution < -0.4 is 10.2 Å². The summed E-state index contributed by atoms with van der Waals surface area (Å²) >= 11 is 8.57. The molecule has 142 valence electrons. The minimum Gasteiger partial charge on any atom is -0.321 e. The van der Waals surface area contributed by atoms with Gasteiger partial charge in [0, 0.05) is 22.8 Å². The lowest BCUT2D eigenvalue weighted by atomic mass is 10.1. The fraction of sp³-hybridized carbons (Fsp3) is 0.150. The van der Waals surface area contributed by atoms with Crippen molar-refractivity contribution in [1.29, 1.82) is 0 Å². The van der Waals surface area contributed by atoms with Crippen LogP contribution in [0, 0.1) is 0 Å². The molecule has 4 rings (SSSR count). The number of hydrogen-bond donors (Lipinski definition) is 1. The molecule has 0 atom stereocenters. The molecule has 2 amide bonds. The van der Waals surface area contributed by atoms with Gasteiger partial charge in [0.15, 0.2) is 0 Å². The number of amides is 2. The fourth-order valence-electron chi connectivity index (χ4n) is 2.99. The number of halogens is 1. The van der Waals surface area contributed by atoms with E-state index in [0.717, 1.165) is 10.6 Å². The minimum absolute atomic E-state index is 0.0216. The summed E-state index contributed by atoms with van der Waals surface area (Å²) in [5.74, 6) is -0.292. The van der Waals surface area contributed by atoms with E-state index >= 15 is 0 Å². The van der Waals surface area contributed by atoms with Crippen molar-refractivity contribution >= 4 is 57.9 Å². The number of thiophene rings is 1. The molecule has 5 nitrogen and oxygen atoms in total. The van der Waals surface area contributed by atoms with Gasteiger partial charge in [-0.3, -0.25) is 9.59 Å². The molecule has 2 aromatic heterocycles. The molecule has 1 aromatic carbocycles. The number of nitrogens with zero attached hydrogens (tertiary/aromatic N) is 2. The minimum atomic E-state index is -0.217. The zero-order valence-electron chi connectivity index (χ0n) is 15.1. The summed E-state index contributed by atoms with van der Waals surface area (Å²) < 4.78 is 0.566. The number of pyridine rings is 1. The van der Waals surface area contributed by atoms with Gasteiger partial charge in [-0.2, -0.15) is 0 Å². The monoisotopic (exact) mass is 429 g/mol. The van der Waals surface area contributed by atoms with E-state index in [1.165, 1.54) is 23.1 Å². The van der Waals surface area contributed by atoms with Gasteiger partial charge in [0.1, 0.15) is 5.03 Å². The molecule has 8 heteroatoms. The molecule has 28 heavy (non-hydrogen) atoms. The Hall–Kier alpha value is -2.35. The van der Waals surface area contributed by atoms with Crippen LogP contribution in [0.2, 0.25) is 4.34 Å². The first-order valence-corrected chi connectivity index (χ1v) is 10.6. The summed E-state index contributed by atoms with van der Waals surface area (Å²) in [4.78, 5) is 33.1. The normalized spacial score (nSPS) is 13.1. The van der Waals surface area contributed by atoms with Crippen molar-refractivity contribution in [3.8, 4) is 0 Å². The number of anilines is 2. The molecule has 3 aromatic rings. The number of carbonyl (C=O) groups excluding carboxylic acids is 2. The van der Waals surface area contributed by atoms with Gasteiger partial charge in [-0.1, -0.05) is 23.4 Å². The Balaban J connectivity index is 1.72. The van der Waals surface area contributed by atoms with Crippen LogP contribution in [-0.4, -0.2) is 22.8 Å². The molecule has 0 unspecified atom stereocenters. The molecule has 0 fully saturated rings. The SMILES string of the molecule is CC(C)N1C(=O)c2cccnc2Sc2cc(NC(=O)c3ccc(Cl)s3)ccc21. The Morgan fingerprint density at radius 2 is 2.04 bits per heavy atom. The maximum Gasteiger partial charge on any atom is 0.265 e. The van der Waals surface area contributed by atoms with E-state index in [4.69, 9.17) is 11.6 Å². The quantitative estimate of drug-likeness (QED) is 0.591. The number of carbonyl (C=O) groups is 2. The summed E-state index contributed by atoms with van der Waals surface area (Å²) in [6.45, 7) is 3.95. The molecular formula is C20H16ClN3O2S2. The molecule has 0 radical (unpaired) electrons. The number of rotatable bonds is 3. The molecule has 0 saturated carbocycles. The van der Waals surface area contributed by atoms with Crippen molar-refractivity contribution in [2.75, 3.05) is 10.2 Å². The summed E-state index contributed by atoms with van der Waals surface area (Å²) in [5, 5.41) is 3.55. The highest BCUT2D eigenvalue weighted by Gasteiger charge is 2.30. The van der Waals surface area contributed by atoms with Crippen LogP contribution in [0.15, 0.2) is 58.6 Å². The Morgan fingerprint density at radius 3 is 2.75 bits per heavy atom. The van der Waals surface area contributed by atoms with Gasteiger partial charge in [0.2, 0.25) is 0 Å². The third-order valence-corrected chi connectivity index (χ3v) is 6.51. The molecule has 3 heterocycles. The first-order chi connectivity index (χ1) is 13.4. The molecule has 0 aliphatic carbocycles. The maximum atomic E-state index is 13.1. The topological polar surface area (TPSA) is 62.3 Å². The lowest BCUT2D eigenvalue weighted by Crippen LogP contribution is -2.37. The number of benzene rings is 1. The van der Waals surface area contributed by atoms with Gasteiger partial charge < -0.3 is 10.2 Å². The summed E-state index contributed by atoms with van der Waals surface area (Å²) in [5.41, 5.74) is 2.03. The number of hydrogen-bond acceptors (Lipinski definition) is 5. The van der Waals surface area contributed by atoms with Crippen molar-refractivity contribution in [1.82, 2.24) is 4.98 Å². The average Bonchev–Trinajstić information content (AvgIpc) is 3.05. The lowest BCUT2D eigenvalue weighted by molar-refractivity contribution is 0.0975. The maximum absolute atomic E-state index is 13.1. The van der Waals surface area contributed by atoms with Gasteiger partial charge in [-0.05, 0) is 56.3 Å². The molecule has 0 bridgehead atoms. The highest BCUT2D eigenvalue weighted by Crippen LogP contribution is 2.42. The second-order valence-electron chi connectivity index (χ2n) is 6.47. The zero-order valence-corrected chi connectivity index (χ0v) is 17.5. The number of aromatic nitrogens is 1. The van der Waals surface area contributed by atoms with E-state index in [-0.39, 0.29) is 17.9 Å². The van der Waals surface area contributed by atoms with Crippen LogP contribution in [0.4, 0.5) is 11.4 Å². The average molecular weight is 430 g/mol. The van der Waals surface area contributed by atoms with Crippen LogP contribution in [0.25, 0.3) is 0 Å². The van der Waals surface area contributed by atoms with Crippen molar-refractivity contribution in [3.63, 3.8) is 0 Å². The zero-order chi connectivity index (χ0) is 19.8. The third kappa shape index (κ3) is 3.53. The molecule has 1 N–H and O–H groups in total. The van der Waals surface area contributed by atoms with Crippen molar-refractivity contribution in [3.05, 3.63) is 63.4 Å². The van der Waals surface area contributed by atoms with Gasteiger partial charge in [0.25, 0.3) is 11.8 Å². The van der Waals surface area contributed by atoms with Crippen molar-refractivity contribution in [2.24, 2.45) is 0 Å². The third-order valence-electron chi connectivity index (χ3n) is 4.22. The van der Waals surface area contributed by atoms with Crippen molar-refractivity contribution in [2.45, 2.75) is 29.8 Å². The molecule has 0 spiro atoms. The first kappa shape index (κ1) is 19.0. The van der Waals surface area contributed by atoms with E-state index in [1.807, 2.05) is 26.0 Å². The summed E-state index contributed by atoms with van der Waals surface area (Å²) in [6, 6.07) is 12.5. The smallest absolute Gasteiger partial charge is 0.265 e. The molecular weight excluding hydrogens is 414 g/mol. The van der Waals surface area contributed by atoms with Crippen LogP contribution in [0.1, 0.15) is 33.9 Å². The predicted octanol–water partition coefficient (Wildman–Crippen LogP) is 5.57. The molecule has 1 aliphatic rings. The Bertz CT molecular complexity index is 1080. The standard InChI is InChI=1S/C20H16ClN3O2S2/c1-11(2)24-14-6-5-12(23-18(25)15-7-8-17(21)27-15)10-16(14)28-19-13(20(24)26)4-3-9-22-19/h3-11H,1-2H3,(H,23,25). The van der Waals surface area contributed by atoms with Crippen LogP contribution >= 0.6 is 34.7 Å². The Kier molecular flexibility index (Phi) is 5.14. The summed E-state index contributed by atoms with van der Waals surface area (Å²) in [7, 11) is 0. The number of fused-ring (bicyclic) bond motifs is 2. The van der Waals surface area contributed by atoms with E-state index < -0.39 is 0 Å². The van der Waals surface area contributed by atoms with Crippen molar-refractivity contribution < 1.29 is 9.59 Å². The second-order valence-corrected chi connectivity index (χ2v) is 9.21. The first-order valence-electron chi connectivity index (χ1n) is 8.61. The highest BCUT2D eigenvalue weighted by molar-refractivity contribution is 7.99. The van der Waals surface area contributed by atoms with Gasteiger partial charge in [0.05, 0.1) is 20.5 Å². The lowest BCUT2D eigenvalue weighted by Gasteiger charge is -2.27. The van der Waals surface area contributed by atoms with Crippen LogP contribution in [0.3, 0.4) is 0 Å². The van der Waals surface area contributed by atoms with Crippen LogP contribution in [-0.2, 0) is 0 Å². The predicted molar refractivity (Wildman–Crippen MR) is 114 cm³/mol. The highest BCUT2D eigenvalue weighted by atomic mass is 35.5. The number of nitrogens with one attached hydrogen (secondary N) is 1. The van der Waals surface area contributed by atoms with E-state index in [0.29, 0.717) is 25.5 Å². The summed E-state index contributed by atoms with van der Waals surface area (Å²) in [6.07, 6.45) is 1.68. The fourth-order valence-corrected chi connectivity index (χ4v) is 4.97. The Morgan fingerprint density at radius 1 is 1.21 bits per heavy atom.